The Morgan fingerprint density at radius 2 is 2.22 bits per heavy atom. The van der Waals surface area contributed by atoms with Crippen LogP contribution < -0.4 is 5.32 Å². The lowest BCUT2D eigenvalue weighted by atomic mass is 10.0. The summed E-state index contributed by atoms with van der Waals surface area (Å²) in [6.07, 6.45) is 0.349. The van der Waals surface area contributed by atoms with Crippen LogP contribution in [0.15, 0.2) is 29.4 Å². The van der Waals surface area contributed by atoms with Crippen LogP contribution in [0.1, 0.15) is 39.7 Å². The fraction of sp³-hybridized carbons (Fsp3) is 0.529. The predicted molar refractivity (Wildman–Crippen MR) is 88.0 cm³/mol. The van der Waals surface area contributed by atoms with Gasteiger partial charge >= 0.3 is 6.03 Å². The molecule has 0 fully saturated rings. The van der Waals surface area contributed by atoms with E-state index in [9.17, 15) is 9.18 Å². The molecule has 0 spiro atoms. The zero-order valence-corrected chi connectivity index (χ0v) is 14.1. The van der Waals surface area contributed by atoms with Crippen molar-refractivity contribution < 1.29 is 14.0 Å². The lowest BCUT2D eigenvalue weighted by Crippen LogP contribution is -2.50. The van der Waals surface area contributed by atoms with E-state index < -0.39 is 0 Å². The van der Waals surface area contributed by atoms with Crippen LogP contribution in [-0.4, -0.2) is 41.4 Å². The largest absolute Gasteiger partial charge is 0.390 e. The molecule has 23 heavy (non-hydrogen) atoms. The highest BCUT2D eigenvalue weighted by atomic mass is 19.1. The maximum atomic E-state index is 13.3. The van der Waals surface area contributed by atoms with E-state index in [1.165, 1.54) is 12.1 Å². The van der Waals surface area contributed by atoms with Crippen LogP contribution in [0.3, 0.4) is 0 Å². The van der Waals surface area contributed by atoms with Gasteiger partial charge in [-0.15, -0.1) is 0 Å². The molecule has 2 amide bonds. The van der Waals surface area contributed by atoms with Gasteiger partial charge in [-0.2, -0.15) is 0 Å². The molecule has 0 aromatic heterocycles. The molecule has 0 radical (unpaired) electrons. The van der Waals surface area contributed by atoms with Crippen molar-refractivity contribution in [3.05, 3.63) is 35.6 Å². The molecule has 1 aromatic rings. The van der Waals surface area contributed by atoms with Crippen LogP contribution in [0.5, 0.6) is 0 Å². The van der Waals surface area contributed by atoms with Crippen molar-refractivity contribution >= 4 is 11.7 Å². The lowest BCUT2D eigenvalue weighted by Gasteiger charge is -2.28. The number of carbonyl (C=O) groups is 1. The number of halogens is 1. The van der Waals surface area contributed by atoms with E-state index in [-0.39, 0.29) is 23.5 Å². The third kappa shape index (κ3) is 4.94. The van der Waals surface area contributed by atoms with Gasteiger partial charge in [-0.3, -0.25) is 0 Å². The number of nitrogens with one attached hydrogen (secondary N) is 1. The molecule has 0 aliphatic carbocycles. The van der Waals surface area contributed by atoms with Gasteiger partial charge in [0.15, 0.2) is 6.10 Å². The normalized spacial score (nSPS) is 17.4. The number of oxime groups is 1. The topological polar surface area (TPSA) is 53.9 Å². The minimum Gasteiger partial charge on any atom is -0.390 e. The minimum atomic E-state index is -0.298. The average molecular weight is 321 g/mol. The Morgan fingerprint density at radius 1 is 1.48 bits per heavy atom. The van der Waals surface area contributed by atoms with Crippen molar-refractivity contribution in [3.8, 4) is 0 Å². The first-order chi connectivity index (χ1) is 10.8. The molecule has 0 bridgehead atoms. The first-order valence-corrected chi connectivity index (χ1v) is 7.84. The van der Waals surface area contributed by atoms with Gasteiger partial charge in [-0.1, -0.05) is 17.3 Å². The summed E-state index contributed by atoms with van der Waals surface area (Å²) in [6.45, 7) is 8.77. The molecule has 0 saturated carbocycles. The molecular weight excluding hydrogens is 297 g/mol. The highest BCUT2D eigenvalue weighted by molar-refractivity contribution is 6.01. The SMILES string of the molecule is CCN(C[C@@H]1CC(c2cccc(F)c2)=NO1)C(=O)NC(C)(C)C. The van der Waals surface area contributed by atoms with Crippen molar-refractivity contribution in [3.63, 3.8) is 0 Å². The summed E-state index contributed by atoms with van der Waals surface area (Å²) in [5, 5.41) is 6.98. The van der Waals surface area contributed by atoms with Crippen LogP contribution in [0.2, 0.25) is 0 Å². The first-order valence-electron chi connectivity index (χ1n) is 7.84. The fourth-order valence-corrected chi connectivity index (χ4v) is 2.37. The molecule has 0 unspecified atom stereocenters. The maximum absolute atomic E-state index is 13.3. The molecule has 1 N–H and O–H groups in total. The van der Waals surface area contributed by atoms with E-state index in [0.717, 1.165) is 5.56 Å². The van der Waals surface area contributed by atoms with Crippen LogP contribution in [-0.2, 0) is 4.84 Å². The summed E-state index contributed by atoms with van der Waals surface area (Å²) in [6, 6.07) is 6.16. The predicted octanol–water partition coefficient (Wildman–Crippen LogP) is 3.15. The number of benzene rings is 1. The quantitative estimate of drug-likeness (QED) is 0.926. The molecule has 1 atom stereocenters. The fourth-order valence-electron chi connectivity index (χ4n) is 2.37. The molecule has 126 valence electrons. The van der Waals surface area contributed by atoms with Crippen LogP contribution >= 0.6 is 0 Å². The Morgan fingerprint density at radius 3 is 2.83 bits per heavy atom. The van der Waals surface area contributed by atoms with E-state index in [4.69, 9.17) is 4.84 Å². The van der Waals surface area contributed by atoms with Gasteiger partial charge in [0, 0.05) is 24.1 Å². The summed E-state index contributed by atoms with van der Waals surface area (Å²) >= 11 is 0. The van der Waals surface area contributed by atoms with Gasteiger partial charge in [-0.25, -0.2) is 9.18 Å². The summed E-state index contributed by atoms with van der Waals surface area (Å²) in [4.78, 5) is 19.4. The number of carbonyl (C=O) groups excluding carboxylic acids is 1. The Labute approximate surface area is 136 Å². The van der Waals surface area contributed by atoms with E-state index in [0.29, 0.717) is 25.2 Å². The zero-order valence-electron chi connectivity index (χ0n) is 14.1. The summed E-state index contributed by atoms with van der Waals surface area (Å²) in [5.74, 6) is -0.298. The Hall–Kier alpha value is -2.11. The lowest BCUT2D eigenvalue weighted by molar-refractivity contribution is 0.0608. The van der Waals surface area contributed by atoms with E-state index in [2.05, 4.69) is 10.5 Å². The van der Waals surface area contributed by atoms with Gasteiger partial charge in [0.25, 0.3) is 0 Å². The summed E-state index contributed by atoms with van der Waals surface area (Å²) in [5.41, 5.74) is 1.14. The molecule has 1 heterocycles. The Kier molecular flexibility index (Phi) is 5.23. The highest BCUT2D eigenvalue weighted by Gasteiger charge is 2.27. The van der Waals surface area contributed by atoms with E-state index >= 15 is 0 Å². The second-order valence-electron chi connectivity index (χ2n) is 6.70. The van der Waals surface area contributed by atoms with Gasteiger partial charge in [0.2, 0.25) is 0 Å². The molecule has 6 heteroatoms. The second kappa shape index (κ2) is 6.98. The van der Waals surface area contributed by atoms with Gasteiger partial charge < -0.3 is 15.1 Å². The van der Waals surface area contributed by atoms with Crippen molar-refractivity contribution in [1.29, 1.82) is 0 Å². The molecule has 0 saturated heterocycles. The van der Waals surface area contributed by atoms with E-state index in [1.807, 2.05) is 27.7 Å². The highest BCUT2D eigenvalue weighted by Crippen LogP contribution is 2.18. The molecule has 2 rings (SSSR count). The van der Waals surface area contributed by atoms with Gasteiger partial charge in [0.05, 0.1) is 12.3 Å². The second-order valence-corrected chi connectivity index (χ2v) is 6.70. The van der Waals surface area contributed by atoms with Crippen LogP contribution in [0.4, 0.5) is 9.18 Å². The standard InChI is InChI=1S/C17H24FN3O2/c1-5-21(16(22)19-17(2,3)4)11-14-10-15(20-23-14)12-7-6-8-13(18)9-12/h6-9,14H,5,10-11H2,1-4H3,(H,19,22)/t14-/m0/s1. The van der Waals surface area contributed by atoms with E-state index in [1.54, 1.807) is 17.0 Å². The summed E-state index contributed by atoms with van der Waals surface area (Å²) in [7, 11) is 0. The third-order valence-corrected chi connectivity index (χ3v) is 3.47. The molecule has 1 aliphatic rings. The minimum absolute atomic E-state index is 0.122. The average Bonchev–Trinajstić information content (AvgIpc) is 2.91. The molecular formula is C17H24FN3O2. The molecule has 1 aromatic carbocycles. The van der Waals surface area contributed by atoms with Crippen molar-refractivity contribution in [2.24, 2.45) is 5.16 Å². The molecule has 1 aliphatic heterocycles. The monoisotopic (exact) mass is 321 g/mol. The smallest absolute Gasteiger partial charge is 0.317 e. The maximum Gasteiger partial charge on any atom is 0.317 e. The third-order valence-electron chi connectivity index (χ3n) is 3.47. The zero-order chi connectivity index (χ0) is 17.0. The van der Waals surface area contributed by atoms with Crippen molar-refractivity contribution in [2.45, 2.75) is 45.8 Å². The number of hydrogen-bond donors (Lipinski definition) is 1. The number of nitrogens with zero attached hydrogens (tertiary/aromatic N) is 2. The Bertz CT molecular complexity index is 596. The number of rotatable bonds is 4. The number of amides is 2. The number of likely N-dealkylation sites (N-methyl/N-ethyl adjacent to an activating group) is 1. The van der Waals surface area contributed by atoms with Crippen molar-refractivity contribution in [1.82, 2.24) is 10.2 Å². The molecule has 5 nitrogen and oxygen atoms in total. The summed E-state index contributed by atoms with van der Waals surface area (Å²) < 4.78 is 13.3. The van der Waals surface area contributed by atoms with Gasteiger partial charge in [0.1, 0.15) is 5.82 Å². The van der Waals surface area contributed by atoms with Crippen LogP contribution in [0, 0.1) is 5.82 Å². The van der Waals surface area contributed by atoms with Crippen molar-refractivity contribution in [2.75, 3.05) is 13.1 Å². The van der Waals surface area contributed by atoms with Crippen LogP contribution in [0.25, 0.3) is 0 Å². The first kappa shape index (κ1) is 17.2. The Balaban J connectivity index is 1.93. The number of urea groups is 1. The number of hydrogen-bond acceptors (Lipinski definition) is 3. The van der Waals surface area contributed by atoms with Gasteiger partial charge in [-0.05, 0) is 39.8 Å².